The predicted octanol–water partition coefficient (Wildman–Crippen LogP) is 5.47. The Bertz CT molecular complexity index is 870. The Balaban J connectivity index is 1.68. The Morgan fingerprint density at radius 2 is 1.48 bits per heavy atom. The van der Waals surface area contributed by atoms with Crippen molar-refractivity contribution in [2.45, 2.75) is 39.5 Å². The zero-order valence-corrected chi connectivity index (χ0v) is 15.8. The van der Waals surface area contributed by atoms with E-state index in [4.69, 9.17) is 4.74 Å². The Labute approximate surface area is 160 Å². The molecule has 0 spiro atoms. The number of unbranched alkanes of at least 4 members (excludes halogenated alkanes) is 2. The zero-order chi connectivity index (χ0) is 19.1. The van der Waals surface area contributed by atoms with E-state index in [0.717, 1.165) is 28.9 Å². The summed E-state index contributed by atoms with van der Waals surface area (Å²) in [5.41, 5.74) is 4.27. The minimum atomic E-state index is -0.327. The maximum absolute atomic E-state index is 11.0. The van der Waals surface area contributed by atoms with Crippen molar-refractivity contribution < 1.29 is 9.53 Å². The van der Waals surface area contributed by atoms with Gasteiger partial charge in [-0.3, -0.25) is 4.79 Å². The second-order valence-corrected chi connectivity index (χ2v) is 6.57. The lowest BCUT2D eigenvalue weighted by molar-refractivity contribution is -0.131. The molecule has 3 rings (SSSR count). The van der Waals surface area contributed by atoms with E-state index >= 15 is 0 Å². The van der Waals surface area contributed by atoms with Gasteiger partial charge in [0.15, 0.2) is 5.82 Å². The number of hydrogen-bond donors (Lipinski definition) is 0. The third-order valence-electron chi connectivity index (χ3n) is 4.38. The van der Waals surface area contributed by atoms with E-state index in [-0.39, 0.29) is 5.97 Å². The molecule has 4 heteroatoms. The maximum Gasteiger partial charge on any atom is 0.308 e. The van der Waals surface area contributed by atoms with Crippen LogP contribution in [0.1, 0.15) is 38.7 Å². The third-order valence-corrected chi connectivity index (χ3v) is 4.38. The topological polar surface area (TPSA) is 52.1 Å². The first-order valence-corrected chi connectivity index (χ1v) is 9.36. The van der Waals surface area contributed by atoms with Crippen molar-refractivity contribution in [1.29, 1.82) is 0 Å². The Morgan fingerprint density at radius 1 is 0.852 bits per heavy atom. The molecular formula is C23H24N2O2. The number of benzene rings is 2. The lowest BCUT2D eigenvalue weighted by Gasteiger charge is -2.06. The van der Waals surface area contributed by atoms with E-state index in [1.54, 1.807) is 12.1 Å². The molecule has 2 aromatic carbocycles. The van der Waals surface area contributed by atoms with E-state index in [1.807, 2.05) is 24.5 Å². The molecule has 0 bridgehead atoms. The van der Waals surface area contributed by atoms with Gasteiger partial charge in [-0.15, -0.1) is 0 Å². The minimum Gasteiger partial charge on any atom is -0.427 e. The average Bonchev–Trinajstić information content (AvgIpc) is 2.69. The molecule has 0 aliphatic carbocycles. The summed E-state index contributed by atoms with van der Waals surface area (Å²) in [7, 11) is 0. The van der Waals surface area contributed by atoms with Gasteiger partial charge in [0, 0.05) is 30.4 Å². The first-order chi connectivity index (χ1) is 13.2. The van der Waals surface area contributed by atoms with Gasteiger partial charge in [-0.25, -0.2) is 9.97 Å². The number of rotatable bonds is 7. The van der Waals surface area contributed by atoms with Gasteiger partial charge >= 0.3 is 5.97 Å². The predicted molar refractivity (Wildman–Crippen MR) is 107 cm³/mol. The van der Waals surface area contributed by atoms with Crippen LogP contribution in [0, 0.1) is 0 Å². The van der Waals surface area contributed by atoms with Crippen LogP contribution in [0.3, 0.4) is 0 Å². The molecule has 138 valence electrons. The summed E-state index contributed by atoms with van der Waals surface area (Å²) in [4.78, 5) is 20.0. The second-order valence-electron chi connectivity index (χ2n) is 6.57. The normalized spacial score (nSPS) is 10.6. The number of carbonyl (C=O) groups is 1. The molecule has 0 unspecified atom stereocenters. The molecule has 0 fully saturated rings. The highest BCUT2D eigenvalue weighted by Gasteiger charge is 2.05. The summed E-state index contributed by atoms with van der Waals surface area (Å²) in [5, 5.41) is 0. The van der Waals surface area contributed by atoms with Gasteiger partial charge in [0.2, 0.25) is 0 Å². The first-order valence-electron chi connectivity index (χ1n) is 9.36. The fourth-order valence-corrected chi connectivity index (χ4v) is 2.91. The van der Waals surface area contributed by atoms with Crippen LogP contribution < -0.4 is 4.74 Å². The molecule has 4 nitrogen and oxygen atoms in total. The quantitative estimate of drug-likeness (QED) is 0.318. The van der Waals surface area contributed by atoms with E-state index < -0.39 is 0 Å². The summed E-state index contributed by atoms with van der Waals surface area (Å²) in [6, 6.07) is 15.8. The largest absolute Gasteiger partial charge is 0.427 e. The van der Waals surface area contributed by atoms with Gasteiger partial charge in [0.1, 0.15) is 5.75 Å². The number of aryl methyl sites for hydroxylation is 1. The van der Waals surface area contributed by atoms with Crippen LogP contribution in [0.4, 0.5) is 0 Å². The van der Waals surface area contributed by atoms with Gasteiger partial charge in [-0.05, 0) is 36.1 Å². The first kappa shape index (κ1) is 18.8. The number of aromatic nitrogens is 2. The van der Waals surface area contributed by atoms with Crippen molar-refractivity contribution in [3.8, 4) is 28.3 Å². The molecule has 3 aromatic rings. The standard InChI is InChI=1S/C23H24N2O2/c1-3-4-5-6-18-7-9-20(10-8-18)23-24-15-21(16-25-23)19-11-13-22(14-12-19)27-17(2)26/h7-16H,3-6H2,1-2H3. The summed E-state index contributed by atoms with van der Waals surface area (Å²) < 4.78 is 5.05. The Morgan fingerprint density at radius 3 is 2.07 bits per heavy atom. The van der Waals surface area contributed by atoms with Gasteiger partial charge in [0.25, 0.3) is 0 Å². The highest BCUT2D eigenvalue weighted by atomic mass is 16.5. The zero-order valence-electron chi connectivity index (χ0n) is 15.8. The highest BCUT2D eigenvalue weighted by molar-refractivity contribution is 5.70. The van der Waals surface area contributed by atoms with Gasteiger partial charge in [-0.1, -0.05) is 56.2 Å². The van der Waals surface area contributed by atoms with Crippen LogP contribution in [0.2, 0.25) is 0 Å². The van der Waals surface area contributed by atoms with Crippen LogP contribution in [0.15, 0.2) is 60.9 Å². The van der Waals surface area contributed by atoms with Crippen molar-refractivity contribution in [2.75, 3.05) is 0 Å². The van der Waals surface area contributed by atoms with Crippen molar-refractivity contribution in [2.24, 2.45) is 0 Å². The van der Waals surface area contributed by atoms with E-state index in [2.05, 4.69) is 41.2 Å². The van der Waals surface area contributed by atoms with E-state index in [9.17, 15) is 4.79 Å². The van der Waals surface area contributed by atoms with Crippen LogP contribution in [-0.2, 0) is 11.2 Å². The molecule has 0 saturated heterocycles. The van der Waals surface area contributed by atoms with Crippen LogP contribution in [0.5, 0.6) is 5.75 Å². The highest BCUT2D eigenvalue weighted by Crippen LogP contribution is 2.23. The summed E-state index contributed by atoms with van der Waals surface area (Å²) in [6.07, 6.45) is 8.50. The lowest BCUT2D eigenvalue weighted by atomic mass is 10.0. The van der Waals surface area contributed by atoms with E-state index in [0.29, 0.717) is 5.75 Å². The summed E-state index contributed by atoms with van der Waals surface area (Å²) >= 11 is 0. The molecule has 0 aliphatic heterocycles. The molecular weight excluding hydrogens is 336 g/mol. The third kappa shape index (κ3) is 5.23. The smallest absolute Gasteiger partial charge is 0.308 e. The minimum absolute atomic E-state index is 0.327. The maximum atomic E-state index is 11.0. The number of ether oxygens (including phenoxy) is 1. The van der Waals surface area contributed by atoms with Crippen LogP contribution in [0.25, 0.3) is 22.5 Å². The molecule has 0 aliphatic rings. The molecule has 1 heterocycles. The molecule has 0 amide bonds. The van der Waals surface area contributed by atoms with Gasteiger partial charge in [0.05, 0.1) is 0 Å². The summed E-state index contributed by atoms with van der Waals surface area (Å²) in [5.74, 6) is 0.921. The molecule has 0 atom stereocenters. The van der Waals surface area contributed by atoms with Crippen LogP contribution >= 0.6 is 0 Å². The molecule has 0 saturated carbocycles. The van der Waals surface area contributed by atoms with Crippen molar-refractivity contribution in [3.05, 3.63) is 66.5 Å². The van der Waals surface area contributed by atoms with Gasteiger partial charge < -0.3 is 4.74 Å². The number of nitrogens with zero attached hydrogens (tertiary/aromatic N) is 2. The lowest BCUT2D eigenvalue weighted by Crippen LogP contribution is -2.00. The van der Waals surface area contributed by atoms with Crippen LogP contribution in [-0.4, -0.2) is 15.9 Å². The van der Waals surface area contributed by atoms with E-state index in [1.165, 1.54) is 31.7 Å². The van der Waals surface area contributed by atoms with Gasteiger partial charge in [-0.2, -0.15) is 0 Å². The monoisotopic (exact) mass is 360 g/mol. The molecule has 0 N–H and O–H groups in total. The summed E-state index contributed by atoms with van der Waals surface area (Å²) in [6.45, 7) is 3.61. The molecule has 1 aromatic heterocycles. The molecule has 27 heavy (non-hydrogen) atoms. The number of hydrogen-bond acceptors (Lipinski definition) is 4. The molecule has 0 radical (unpaired) electrons. The average molecular weight is 360 g/mol. The number of carbonyl (C=O) groups excluding carboxylic acids is 1. The van der Waals surface area contributed by atoms with Crippen molar-refractivity contribution in [3.63, 3.8) is 0 Å². The van der Waals surface area contributed by atoms with Crippen molar-refractivity contribution >= 4 is 5.97 Å². The number of esters is 1. The fourth-order valence-electron chi connectivity index (χ4n) is 2.91. The fraction of sp³-hybridized carbons (Fsp3) is 0.261. The Kier molecular flexibility index (Phi) is 6.31. The second kappa shape index (κ2) is 9.08. The Hall–Kier alpha value is -3.01. The van der Waals surface area contributed by atoms with Crippen molar-refractivity contribution in [1.82, 2.24) is 9.97 Å². The SMILES string of the molecule is CCCCCc1ccc(-c2ncc(-c3ccc(OC(C)=O)cc3)cn2)cc1.